The second kappa shape index (κ2) is 4.65. The van der Waals surface area contributed by atoms with Crippen LogP contribution in [0.25, 0.3) is 0 Å². The van der Waals surface area contributed by atoms with E-state index in [1.807, 2.05) is 0 Å². The minimum absolute atomic E-state index is 0.503. The second-order valence-electron chi connectivity index (χ2n) is 3.03. The van der Waals surface area contributed by atoms with Gasteiger partial charge in [0.1, 0.15) is 0 Å². The van der Waals surface area contributed by atoms with E-state index in [1.165, 1.54) is 32.1 Å². The molecule has 1 fully saturated rings. The van der Waals surface area contributed by atoms with Gasteiger partial charge in [-0.25, -0.2) is 0 Å². The van der Waals surface area contributed by atoms with Gasteiger partial charge in [-0.2, -0.15) is 0 Å². The van der Waals surface area contributed by atoms with Crippen molar-refractivity contribution < 1.29 is 0 Å². The third-order valence-corrected chi connectivity index (χ3v) is 2.42. The Bertz CT molecular complexity index is 89.6. The van der Waals surface area contributed by atoms with Crippen molar-refractivity contribution in [2.75, 3.05) is 0 Å². The molecule has 0 saturated heterocycles. The SMILES string of the molecule is PC(P)NC1CCCCC1. The van der Waals surface area contributed by atoms with E-state index in [-0.39, 0.29) is 0 Å². The van der Waals surface area contributed by atoms with Gasteiger partial charge in [-0.3, -0.25) is 0 Å². The van der Waals surface area contributed by atoms with Crippen molar-refractivity contribution in [2.45, 2.75) is 43.7 Å². The molecule has 0 spiro atoms. The monoisotopic (exact) mass is 177 g/mol. The predicted molar refractivity (Wildman–Crippen MR) is 53.2 cm³/mol. The summed E-state index contributed by atoms with van der Waals surface area (Å²) in [5.74, 6) is 0. The molecule has 1 N–H and O–H groups in total. The molecule has 0 aromatic carbocycles. The summed E-state index contributed by atoms with van der Waals surface area (Å²) in [5, 5.41) is 3.51. The van der Waals surface area contributed by atoms with E-state index < -0.39 is 0 Å². The fourth-order valence-corrected chi connectivity index (χ4v) is 2.09. The lowest BCUT2D eigenvalue weighted by molar-refractivity contribution is 0.385. The molecule has 2 atom stereocenters. The Hall–Kier alpha value is 0.820. The van der Waals surface area contributed by atoms with Crippen molar-refractivity contribution in [3.8, 4) is 0 Å². The molecule has 1 aliphatic carbocycles. The van der Waals surface area contributed by atoms with Crippen LogP contribution in [0.5, 0.6) is 0 Å². The summed E-state index contributed by atoms with van der Waals surface area (Å²) < 4.78 is 0. The fraction of sp³-hybridized carbons (Fsp3) is 1.00. The minimum atomic E-state index is 0.503. The number of hydrogen-bond donors (Lipinski definition) is 1. The molecule has 3 heteroatoms. The third kappa shape index (κ3) is 3.28. The second-order valence-corrected chi connectivity index (χ2v) is 5.23. The van der Waals surface area contributed by atoms with Gasteiger partial charge in [0.25, 0.3) is 0 Å². The molecule has 0 aromatic heterocycles. The molecule has 0 radical (unpaired) electrons. The normalized spacial score (nSPS) is 21.9. The molecule has 0 aliphatic heterocycles. The largest absolute Gasteiger partial charge is 0.305 e. The molecular formula is C7H17NP2. The Morgan fingerprint density at radius 2 is 1.70 bits per heavy atom. The first-order valence-corrected chi connectivity index (χ1v) is 5.39. The summed E-state index contributed by atoms with van der Waals surface area (Å²) in [5.41, 5.74) is 0.503. The zero-order valence-electron chi connectivity index (χ0n) is 6.34. The molecule has 0 heterocycles. The summed E-state index contributed by atoms with van der Waals surface area (Å²) >= 11 is 0. The van der Waals surface area contributed by atoms with Gasteiger partial charge in [-0.05, 0) is 12.8 Å². The molecule has 0 aromatic rings. The van der Waals surface area contributed by atoms with Crippen molar-refractivity contribution in [3.63, 3.8) is 0 Å². The lowest BCUT2D eigenvalue weighted by Gasteiger charge is -2.24. The molecule has 0 bridgehead atoms. The van der Waals surface area contributed by atoms with Crippen molar-refractivity contribution in [1.82, 2.24) is 5.32 Å². The Kier molecular flexibility index (Phi) is 4.14. The van der Waals surface area contributed by atoms with E-state index in [4.69, 9.17) is 0 Å². The highest BCUT2D eigenvalue weighted by atomic mass is 31.1. The van der Waals surface area contributed by atoms with Crippen LogP contribution in [0, 0.1) is 0 Å². The lowest BCUT2D eigenvalue weighted by Crippen LogP contribution is -2.33. The highest BCUT2D eigenvalue weighted by Crippen LogP contribution is 2.19. The Morgan fingerprint density at radius 1 is 1.10 bits per heavy atom. The van der Waals surface area contributed by atoms with Crippen LogP contribution in [-0.4, -0.2) is 11.6 Å². The number of nitrogens with one attached hydrogen (secondary N) is 1. The van der Waals surface area contributed by atoms with Crippen LogP contribution in [0.3, 0.4) is 0 Å². The highest BCUT2D eigenvalue weighted by Gasteiger charge is 2.12. The van der Waals surface area contributed by atoms with Gasteiger partial charge >= 0.3 is 0 Å². The van der Waals surface area contributed by atoms with E-state index in [0.29, 0.717) is 5.52 Å². The topological polar surface area (TPSA) is 12.0 Å². The molecule has 10 heavy (non-hydrogen) atoms. The first-order chi connectivity index (χ1) is 4.79. The van der Waals surface area contributed by atoms with Crippen LogP contribution >= 0.6 is 18.5 Å². The average molecular weight is 177 g/mol. The van der Waals surface area contributed by atoms with Gasteiger partial charge in [0, 0.05) is 11.6 Å². The molecule has 0 amide bonds. The van der Waals surface area contributed by atoms with Crippen LogP contribution in [0.2, 0.25) is 0 Å². The Labute approximate surface area is 68.1 Å². The molecule has 1 rings (SSSR count). The Morgan fingerprint density at radius 3 is 2.20 bits per heavy atom. The average Bonchev–Trinajstić information content (AvgIpc) is 1.88. The first kappa shape index (κ1) is 8.91. The summed E-state index contributed by atoms with van der Waals surface area (Å²) in [6.07, 6.45) is 7.02. The molecule has 1 aliphatic rings. The molecule has 1 nitrogen and oxygen atoms in total. The van der Waals surface area contributed by atoms with Gasteiger partial charge < -0.3 is 5.32 Å². The van der Waals surface area contributed by atoms with Gasteiger partial charge in [0.2, 0.25) is 0 Å². The summed E-state index contributed by atoms with van der Waals surface area (Å²) in [6, 6.07) is 0.786. The van der Waals surface area contributed by atoms with Crippen LogP contribution in [0.1, 0.15) is 32.1 Å². The van der Waals surface area contributed by atoms with E-state index in [9.17, 15) is 0 Å². The van der Waals surface area contributed by atoms with Gasteiger partial charge in [-0.1, -0.05) is 19.3 Å². The van der Waals surface area contributed by atoms with E-state index in [2.05, 4.69) is 23.8 Å². The highest BCUT2D eigenvalue weighted by molar-refractivity contribution is 7.37. The van der Waals surface area contributed by atoms with Gasteiger partial charge in [-0.15, -0.1) is 18.5 Å². The summed E-state index contributed by atoms with van der Waals surface area (Å²) in [4.78, 5) is 0. The van der Waals surface area contributed by atoms with E-state index in [1.54, 1.807) is 0 Å². The molecule has 2 unspecified atom stereocenters. The van der Waals surface area contributed by atoms with Crippen molar-refractivity contribution in [2.24, 2.45) is 0 Å². The molecular weight excluding hydrogens is 160 g/mol. The van der Waals surface area contributed by atoms with Crippen LogP contribution in [0.15, 0.2) is 0 Å². The predicted octanol–water partition coefficient (Wildman–Crippen LogP) is 1.94. The van der Waals surface area contributed by atoms with Gasteiger partial charge in [0.05, 0.1) is 0 Å². The maximum absolute atomic E-state index is 3.51. The number of rotatable bonds is 2. The van der Waals surface area contributed by atoms with E-state index in [0.717, 1.165) is 6.04 Å². The van der Waals surface area contributed by atoms with Gasteiger partial charge in [0.15, 0.2) is 0 Å². The van der Waals surface area contributed by atoms with Crippen LogP contribution in [-0.2, 0) is 0 Å². The standard InChI is InChI=1S/C7H17NP2/c9-7(10)8-6-4-2-1-3-5-6/h6-8H,1-5,9-10H2. The smallest absolute Gasteiger partial charge is 0.0354 e. The Balaban J connectivity index is 2.13. The maximum atomic E-state index is 3.51. The summed E-state index contributed by atoms with van der Waals surface area (Å²) in [6.45, 7) is 0. The quantitative estimate of drug-likeness (QED) is 0.635. The lowest BCUT2D eigenvalue weighted by atomic mass is 9.96. The fourth-order valence-electron chi connectivity index (χ4n) is 1.54. The van der Waals surface area contributed by atoms with E-state index >= 15 is 0 Å². The van der Waals surface area contributed by atoms with Crippen molar-refractivity contribution >= 4 is 18.5 Å². The summed E-state index contributed by atoms with van der Waals surface area (Å²) in [7, 11) is 5.51. The number of hydrogen-bond acceptors (Lipinski definition) is 1. The molecule has 60 valence electrons. The first-order valence-electron chi connectivity index (χ1n) is 4.06. The van der Waals surface area contributed by atoms with Crippen molar-refractivity contribution in [3.05, 3.63) is 0 Å². The van der Waals surface area contributed by atoms with Crippen LogP contribution < -0.4 is 5.32 Å². The zero-order valence-corrected chi connectivity index (χ0v) is 8.65. The maximum Gasteiger partial charge on any atom is 0.0354 e. The third-order valence-electron chi connectivity index (χ3n) is 2.03. The van der Waals surface area contributed by atoms with Crippen LogP contribution in [0.4, 0.5) is 0 Å². The van der Waals surface area contributed by atoms with Crippen molar-refractivity contribution in [1.29, 1.82) is 0 Å². The molecule has 1 saturated carbocycles. The minimum Gasteiger partial charge on any atom is -0.305 e. The zero-order chi connectivity index (χ0) is 7.40.